The number of amides is 1. The first-order valence-corrected chi connectivity index (χ1v) is 10.5. The number of carbonyl (C=O) groups is 4. The molecule has 1 amide bonds. The van der Waals surface area contributed by atoms with Crippen molar-refractivity contribution in [3.8, 4) is 5.75 Å². The van der Waals surface area contributed by atoms with E-state index in [9.17, 15) is 39.6 Å². The van der Waals surface area contributed by atoms with E-state index in [4.69, 9.17) is 10.5 Å². The molecule has 11 nitrogen and oxygen atoms in total. The lowest BCUT2D eigenvalue weighted by molar-refractivity contribution is -0.148. The quantitative estimate of drug-likeness (QED) is 0.294. The number of carbonyl (C=O) groups excluding carboxylic acids is 4. The number of esters is 1. The maximum Gasteiger partial charge on any atom is 0.338 e. The molecule has 0 spiro atoms. The third-order valence-electron chi connectivity index (χ3n) is 7.01. The van der Waals surface area contributed by atoms with Gasteiger partial charge in [-0.25, -0.2) is 4.79 Å². The maximum absolute atomic E-state index is 13.4. The second kappa shape index (κ2) is 7.67. The Morgan fingerprint density at radius 3 is 2.38 bits per heavy atom. The maximum atomic E-state index is 13.4. The van der Waals surface area contributed by atoms with Crippen molar-refractivity contribution >= 4 is 23.4 Å². The Morgan fingerprint density at radius 2 is 1.82 bits per heavy atom. The van der Waals surface area contributed by atoms with E-state index < -0.39 is 69.8 Å². The molecule has 0 saturated carbocycles. The Balaban J connectivity index is 1.97. The number of ketones is 2. The largest absolute Gasteiger partial charge is 0.510 e. The summed E-state index contributed by atoms with van der Waals surface area (Å²) in [6, 6.07) is 1.37. The van der Waals surface area contributed by atoms with Gasteiger partial charge in [0.25, 0.3) is 5.91 Å². The number of allylic oxidation sites excluding steroid dienone is 1. The van der Waals surface area contributed by atoms with Gasteiger partial charge in [-0.15, -0.1) is 0 Å². The fourth-order valence-electron chi connectivity index (χ4n) is 5.55. The molecular formula is C23H24N2O9. The number of phenolic OH excluding ortho intramolecular Hbond substituents is 1. The summed E-state index contributed by atoms with van der Waals surface area (Å²) in [4.78, 5) is 52.3. The van der Waals surface area contributed by atoms with Gasteiger partial charge in [0.1, 0.15) is 22.8 Å². The van der Waals surface area contributed by atoms with E-state index >= 15 is 0 Å². The highest BCUT2D eigenvalue weighted by atomic mass is 16.5. The van der Waals surface area contributed by atoms with Gasteiger partial charge in [-0.2, -0.15) is 0 Å². The number of aromatic hydroxyl groups is 1. The van der Waals surface area contributed by atoms with E-state index in [1.807, 2.05) is 0 Å². The van der Waals surface area contributed by atoms with Crippen LogP contribution in [0.3, 0.4) is 0 Å². The Labute approximate surface area is 193 Å². The molecule has 0 aliphatic heterocycles. The van der Waals surface area contributed by atoms with Gasteiger partial charge in [0, 0.05) is 11.5 Å². The summed E-state index contributed by atoms with van der Waals surface area (Å²) in [6.07, 6.45) is -0.0601. The van der Waals surface area contributed by atoms with Gasteiger partial charge in [0.2, 0.25) is 5.78 Å². The monoisotopic (exact) mass is 472 g/mol. The van der Waals surface area contributed by atoms with Gasteiger partial charge < -0.3 is 30.9 Å². The zero-order valence-corrected chi connectivity index (χ0v) is 18.7. The Bertz CT molecular complexity index is 1230. The predicted molar refractivity (Wildman–Crippen MR) is 115 cm³/mol. The van der Waals surface area contributed by atoms with Gasteiger partial charge >= 0.3 is 5.97 Å². The smallest absolute Gasteiger partial charge is 0.338 e. The Morgan fingerprint density at radius 1 is 1.18 bits per heavy atom. The minimum atomic E-state index is -2.71. The zero-order valence-electron chi connectivity index (χ0n) is 18.7. The molecule has 1 aromatic rings. The normalized spacial score (nSPS) is 28.4. The van der Waals surface area contributed by atoms with Gasteiger partial charge in [-0.3, -0.25) is 19.3 Å². The predicted octanol–water partition coefficient (Wildman–Crippen LogP) is -0.0928. The highest BCUT2D eigenvalue weighted by Gasteiger charge is 2.63. The number of aliphatic hydroxyl groups is 3. The summed E-state index contributed by atoms with van der Waals surface area (Å²) in [6.45, 7) is 0. The number of Topliss-reactive ketones (excluding diaryl/α,β-unsaturated/α-hetero) is 2. The molecule has 4 atom stereocenters. The van der Waals surface area contributed by atoms with Gasteiger partial charge in [0.15, 0.2) is 11.4 Å². The van der Waals surface area contributed by atoms with E-state index in [-0.39, 0.29) is 35.1 Å². The van der Waals surface area contributed by atoms with Crippen LogP contribution in [0.1, 0.15) is 32.7 Å². The van der Waals surface area contributed by atoms with Crippen LogP contribution in [-0.2, 0) is 20.7 Å². The minimum Gasteiger partial charge on any atom is -0.510 e. The van der Waals surface area contributed by atoms with Crippen LogP contribution < -0.4 is 5.73 Å². The number of hydrogen-bond donors (Lipinski definition) is 5. The van der Waals surface area contributed by atoms with Gasteiger partial charge in [0.05, 0.1) is 24.3 Å². The third kappa shape index (κ3) is 2.90. The molecular weight excluding hydrogens is 448 g/mol. The van der Waals surface area contributed by atoms with E-state index in [0.717, 1.165) is 6.07 Å². The number of likely N-dealkylation sites (N-methyl/N-ethyl adjacent to an activating group) is 1. The molecule has 34 heavy (non-hydrogen) atoms. The first-order valence-electron chi connectivity index (χ1n) is 10.5. The van der Waals surface area contributed by atoms with Gasteiger partial charge in [-0.1, -0.05) is 0 Å². The third-order valence-corrected chi connectivity index (χ3v) is 7.01. The summed E-state index contributed by atoms with van der Waals surface area (Å²) in [5, 5.41) is 43.8. The topological polar surface area (TPSA) is 188 Å². The van der Waals surface area contributed by atoms with Crippen molar-refractivity contribution in [2.24, 2.45) is 17.6 Å². The van der Waals surface area contributed by atoms with Crippen LogP contribution in [0.4, 0.5) is 0 Å². The van der Waals surface area contributed by atoms with Crippen molar-refractivity contribution in [3.05, 3.63) is 51.5 Å². The van der Waals surface area contributed by atoms with Crippen molar-refractivity contribution < 1.29 is 44.3 Å². The number of ether oxygens (including phenoxy) is 1. The number of nitrogens with two attached hydrogens (primary N) is 1. The van der Waals surface area contributed by atoms with Crippen LogP contribution in [-0.4, -0.2) is 81.6 Å². The van der Waals surface area contributed by atoms with E-state index in [2.05, 4.69) is 0 Å². The standard InChI is InChI=1S/C23H24N2O9/c1-25(2)16-11-7-8-6-10-9(22(32)34-3)4-5-12(26)14(10)17(27)13(8)19(29)23(11,33)20(30)15(18(16)28)21(24)31/h4-5,8,11,16,26,28-29,33H,6-7H2,1-3H3,(H2,24,31). The number of fused-ring (bicyclic) bond motifs is 3. The molecule has 4 unspecified atom stereocenters. The lowest BCUT2D eigenvalue weighted by Gasteiger charge is -2.50. The van der Waals surface area contributed by atoms with Crippen molar-refractivity contribution in [2.75, 3.05) is 21.2 Å². The first kappa shape index (κ1) is 23.5. The van der Waals surface area contributed by atoms with Gasteiger partial charge in [-0.05, 0) is 50.6 Å². The molecule has 0 aromatic heterocycles. The molecule has 0 fully saturated rings. The molecule has 180 valence electrons. The molecule has 0 bridgehead atoms. The lowest BCUT2D eigenvalue weighted by Crippen LogP contribution is -2.63. The summed E-state index contributed by atoms with van der Waals surface area (Å²) < 4.78 is 4.78. The number of rotatable bonds is 3. The molecule has 3 aliphatic rings. The van der Waals surface area contributed by atoms with Crippen LogP contribution in [0.25, 0.3) is 0 Å². The average Bonchev–Trinajstić information content (AvgIpc) is 2.75. The van der Waals surface area contributed by atoms with Crippen LogP contribution in [0.15, 0.2) is 34.8 Å². The Kier molecular flexibility index (Phi) is 5.29. The SMILES string of the molecule is COC(=O)c1ccc(O)c2c1CC1CC3C(N(C)C)C(O)=C(C(N)=O)C(=O)C3(O)C(O)=C1C2=O. The van der Waals surface area contributed by atoms with E-state index in [1.54, 1.807) is 14.1 Å². The average molecular weight is 472 g/mol. The van der Waals surface area contributed by atoms with Crippen LogP contribution in [0.5, 0.6) is 5.75 Å². The molecule has 0 saturated heterocycles. The van der Waals surface area contributed by atoms with Crippen LogP contribution in [0, 0.1) is 11.8 Å². The number of methoxy groups -OCH3 is 1. The van der Waals surface area contributed by atoms with Crippen molar-refractivity contribution in [3.63, 3.8) is 0 Å². The lowest BCUT2D eigenvalue weighted by atomic mass is 9.58. The molecule has 4 rings (SSSR count). The molecule has 0 radical (unpaired) electrons. The zero-order chi connectivity index (χ0) is 25.3. The van der Waals surface area contributed by atoms with E-state index in [1.165, 1.54) is 18.1 Å². The Hall–Kier alpha value is -3.70. The van der Waals surface area contributed by atoms with Crippen molar-refractivity contribution in [1.82, 2.24) is 4.90 Å². The van der Waals surface area contributed by atoms with Crippen LogP contribution in [0.2, 0.25) is 0 Å². The summed E-state index contributed by atoms with van der Waals surface area (Å²) >= 11 is 0. The second-order valence-electron chi connectivity index (χ2n) is 8.94. The molecule has 6 N–H and O–H groups in total. The number of hydrogen-bond acceptors (Lipinski definition) is 10. The summed E-state index contributed by atoms with van der Waals surface area (Å²) in [7, 11) is 4.26. The summed E-state index contributed by atoms with van der Waals surface area (Å²) in [5.74, 6) is -8.16. The number of aliphatic hydroxyl groups excluding tert-OH is 2. The van der Waals surface area contributed by atoms with Crippen molar-refractivity contribution in [1.29, 1.82) is 0 Å². The van der Waals surface area contributed by atoms with Crippen LogP contribution >= 0.6 is 0 Å². The molecule has 0 heterocycles. The highest BCUT2D eigenvalue weighted by Crippen LogP contribution is 2.52. The minimum absolute atomic E-state index is 0.00731. The first-order chi connectivity index (χ1) is 15.9. The van der Waals surface area contributed by atoms with E-state index in [0.29, 0.717) is 0 Å². The second-order valence-corrected chi connectivity index (χ2v) is 8.94. The molecule has 11 heteroatoms. The molecule has 1 aromatic carbocycles. The number of benzene rings is 1. The number of nitrogens with zero attached hydrogens (tertiary/aromatic N) is 1. The number of phenols is 1. The fraction of sp³-hybridized carbons (Fsp3) is 0.391. The fourth-order valence-corrected chi connectivity index (χ4v) is 5.55. The highest BCUT2D eigenvalue weighted by molar-refractivity contribution is 6.25. The molecule has 3 aliphatic carbocycles. The summed E-state index contributed by atoms with van der Waals surface area (Å²) in [5.41, 5.74) is 1.44. The van der Waals surface area contributed by atoms with Crippen molar-refractivity contribution in [2.45, 2.75) is 24.5 Å². The number of primary amides is 1.